The Morgan fingerprint density at radius 2 is 2.06 bits per heavy atom. The number of carbonyl (C=O) groups excluding carboxylic acids is 1. The Kier molecular flexibility index (Phi) is 5.83. The molecular weight excluding hydrogens is 419 g/mol. The van der Waals surface area contributed by atoms with Gasteiger partial charge in [0.1, 0.15) is 5.82 Å². The van der Waals surface area contributed by atoms with E-state index in [1.807, 2.05) is 12.1 Å². The summed E-state index contributed by atoms with van der Waals surface area (Å²) in [6.07, 6.45) is 10.5. The van der Waals surface area contributed by atoms with E-state index in [4.69, 9.17) is 0 Å². The third-order valence-electron chi connectivity index (χ3n) is 8.36. The van der Waals surface area contributed by atoms with Crippen LogP contribution in [0.5, 0.6) is 0 Å². The first-order chi connectivity index (χ1) is 15.9. The summed E-state index contributed by atoms with van der Waals surface area (Å²) in [6, 6.07) is 6.92. The van der Waals surface area contributed by atoms with Gasteiger partial charge in [0, 0.05) is 11.8 Å². The number of aromatic nitrogens is 1. The van der Waals surface area contributed by atoms with Crippen molar-refractivity contribution in [2.75, 3.05) is 13.2 Å². The van der Waals surface area contributed by atoms with E-state index in [0.717, 1.165) is 37.7 Å². The first kappa shape index (κ1) is 22.2. The highest BCUT2D eigenvalue weighted by atomic mass is 19.1. The molecule has 33 heavy (non-hydrogen) atoms. The summed E-state index contributed by atoms with van der Waals surface area (Å²) in [6.45, 7) is 1.76. The summed E-state index contributed by atoms with van der Waals surface area (Å²) in [5.74, 6) is 1.02. The molecule has 3 N–H and O–H groups in total. The molecule has 1 amide bonds. The van der Waals surface area contributed by atoms with Crippen LogP contribution >= 0.6 is 0 Å². The van der Waals surface area contributed by atoms with Crippen LogP contribution in [0.15, 0.2) is 42.7 Å². The Morgan fingerprint density at radius 3 is 2.82 bits per heavy atom. The Labute approximate surface area is 193 Å². The first-order valence-corrected chi connectivity index (χ1v) is 11.9. The number of allylic oxidation sites excluding steroid dienone is 2. The van der Waals surface area contributed by atoms with E-state index in [1.54, 1.807) is 12.3 Å². The van der Waals surface area contributed by atoms with Gasteiger partial charge < -0.3 is 15.5 Å². The van der Waals surface area contributed by atoms with Gasteiger partial charge >= 0.3 is 0 Å². The van der Waals surface area contributed by atoms with Gasteiger partial charge in [0.15, 0.2) is 0 Å². The minimum Gasteiger partial charge on any atom is -0.394 e. The fraction of sp³-hybridized carbons (Fsp3) is 0.481. The highest BCUT2D eigenvalue weighted by molar-refractivity contribution is 5.94. The lowest BCUT2D eigenvalue weighted by molar-refractivity contribution is 0.0871. The highest BCUT2D eigenvalue weighted by Gasteiger charge is 2.52. The number of rotatable bonds is 5. The molecule has 1 fully saturated rings. The van der Waals surface area contributed by atoms with Crippen molar-refractivity contribution >= 4 is 11.5 Å². The predicted molar refractivity (Wildman–Crippen MR) is 124 cm³/mol. The number of fused-ring (bicyclic) bond motifs is 5. The predicted octanol–water partition coefficient (Wildman–Crippen LogP) is 3.85. The average Bonchev–Trinajstić information content (AvgIpc) is 3.19. The zero-order valence-electron chi connectivity index (χ0n) is 18.9. The molecule has 0 radical (unpaired) electrons. The molecule has 0 aliphatic heterocycles. The van der Waals surface area contributed by atoms with E-state index in [2.05, 4.69) is 29.4 Å². The Morgan fingerprint density at radius 1 is 1.24 bits per heavy atom. The zero-order chi connectivity index (χ0) is 23.2. The number of pyridine rings is 1. The molecule has 1 aromatic carbocycles. The maximum absolute atomic E-state index is 13.9. The lowest BCUT2D eigenvalue weighted by atomic mass is 9.54. The van der Waals surface area contributed by atoms with Crippen molar-refractivity contribution in [3.63, 3.8) is 0 Å². The number of aliphatic hydroxyl groups is 2. The van der Waals surface area contributed by atoms with E-state index < -0.39 is 6.04 Å². The normalized spacial score (nSPS) is 28.0. The van der Waals surface area contributed by atoms with Crippen LogP contribution in [0.25, 0.3) is 5.57 Å². The smallest absolute Gasteiger partial charge is 0.251 e. The molecule has 3 aliphatic rings. The van der Waals surface area contributed by atoms with Crippen molar-refractivity contribution in [2.45, 2.75) is 51.0 Å². The van der Waals surface area contributed by atoms with Crippen molar-refractivity contribution in [3.05, 3.63) is 70.8 Å². The number of nitrogens with zero attached hydrogens (tertiary/aromatic N) is 1. The van der Waals surface area contributed by atoms with E-state index in [1.165, 1.54) is 22.9 Å². The molecule has 0 spiro atoms. The van der Waals surface area contributed by atoms with Gasteiger partial charge in [-0.25, -0.2) is 4.39 Å². The zero-order valence-corrected chi connectivity index (χ0v) is 18.9. The van der Waals surface area contributed by atoms with E-state index in [9.17, 15) is 19.4 Å². The Balaban J connectivity index is 1.37. The van der Waals surface area contributed by atoms with Crippen molar-refractivity contribution in [2.24, 2.45) is 17.3 Å². The van der Waals surface area contributed by atoms with Crippen LogP contribution in [0.4, 0.5) is 4.39 Å². The molecule has 174 valence electrons. The summed E-state index contributed by atoms with van der Waals surface area (Å²) < 4.78 is 13.9. The Bertz CT molecular complexity index is 1100. The van der Waals surface area contributed by atoms with Gasteiger partial charge in [0.2, 0.25) is 0 Å². The van der Waals surface area contributed by atoms with Gasteiger partial charge in [-0.1, -0.05) is 19.1 Å². The standard InChI is InChI=1S/C27H31FN2O3/c1-27-9-8-22-21-4-3-17(26(33)30-20(14-31)15-32)10-16(21)2-5-23(22)25(27)7-6-24(27)18-11-19(28)13-29-12-18/h3-4,6,10-13,20,22-23,25,31-32H,2,5,7-9,14-15H2,1H3,(H,30,33)/t22-,23-,25+,27-/m1/s1. The van der Waals surface area contributed by atoms with E-state index >= 15 is 0 Å². The number of amides is 1. The van der Waals surface area contributed by atoms with Crippen LogP contribution in [0.3, 0.4) is 0 Å². The summed E-state index contributed by atoms with van der Waals surface area (Å²) in [5, 5.41) is 21.2. The van der Waals surface area contributed by atoms with E-state index in [-0.39, 0.29) is 30.4 Å². The van der Waals surface area contributed by atoms with E-state index in [0.29, 0.717) is 23.3 Å². The lowest BCUT2D eigenvalue weighted by Crippen LogP contribution is -2.41. The fourth-order valence-corrected chi connectivity index (χ4v) is 6.72. The van der Waals surface area contributed by atoms with Gasteiger partial charge in [-0.05, 0) is 95.7 Å². The topological polar surface area (TPSA) is 82.5 Å². The van der Waals surface area contributed by atoms with Crippen molar-refractivity contribution < 1.29 is 19.4 Å². The molecule has 4 atom stereocenters. The molecule has 5 rings (SSSR count). The lowest BCUT2D eigenvalue weighted by Gasteiger charge is -2.50. The van der Waals surface area contributed by atoms with Gasteiger partial charge in [0.05, 0.1) is 25.5 Å². The molecule has 0 saturated heterocycles. The Hall–Kier alpha value is -2.57. The molecule has 1 heterocycles. The number of aryl methyl sites for hydroxylation is 1. The molecule has 0 bridgehead atoms. The summed E-state index contributed by atoms with van der Waals surface area (Å²) >= 11 is 0. The minimum absolute atomic E-state index is 0.0393. The highest BCUT2D eigenvalue weighted by Crippen LogP contribution is 2.63. The number of aliphatic hydroxyl groups excluding tert-OH is 2. The maximum Gasteiger partial charge on any atom is 0.251 e. The third kappa shape index (κ3) is 3.79. The van der Waals surface area contributed by atoms with Crippen LogP contribution in [0, 0.1) is 23.1 Å². The molecule has 1 aromatic heterocycles. The summed E-state index contributed by atoms with van der Waals surface area (Å²) in [4.78, 5) is 16.6. The SMILES string of the molecule is C[C@]12CC[C@@H]3c4ccc(C(=O)NC(CO)CO)cc4CC[C@H]3[C@@H]1CC=C2c1cncc(F)c1. The largest absolute Gasteiger partial charge is 0.394 e. The monoisotopic (exact) mass is 450 g/mol. The summed E-state index contributed by atoms with van der Waals surface area (Å²) in [7, 11) is 0. The number of nitrogens with one attached hydrogen (secondary N) is 1. The van der Waals surface area contributed by atoms with Crippen molar-refractivity contribution in [3.8, 4) is 0 Å². The van der Waals surface area contributed by atoms with Crippen LogP contribution in [-0.2, 0) is 6.42 Å². The average molecular weight is 451 g/mol. The molecule has 1 saturated carbocycles. The molecule has 2 aromatic rings. The number of hydrogen-bond acceptors (Lipinski definition) is 4. The van der Waals surface area contributed by atoms with Gasteiger partial charge in [-0.15, -0.1) is 0 Å². The first-order valence-electron chi connectivity index (χ1n) is 11.9. The second kappa shape index (κ2) is 8.65. The van der Waals surface area contributed by atoms with Gasteiger partial charge in [-0.2, -0.15) is 0 Å². The number of hydrogen-bond donors (Lipinski definition) is 3. The van der Waals surface area contributed by atoms with Crippen molar-refractivity contribution in [1.29, 1.82) is 0 Å². The van der Waals surface area contributed by atoms with Gasteiger partial charge in [0.25, 0.3) is 5.91 Å². The van der Waals surface area contributed by atoms with Crippen LogP contribution in [0.1, 0.15) is 65.6 Å². The number of halogens is 1. The molecular formula is C27H31FN2O3. The second-order valence-electron chi connectivity index (χ2n) is 10.1. The number of carbonyl (C=O) groups is 1. The van der Waals surface area contributed by atoms with Crippen LogP contribution in [0.2, 0.25) is 0 Å². The molecule has 6 heteroatoms. The minimum atomic E-state index is -0.647. The van der Waals surface area contributed by atoms with Gasteiger partial charge in [-0.3, -0.25) is 9.78 Å². The molecule has 3 aliphatic carbocycles. The molecule has 5 nitrogen and oxygen atoms in total. The fourth-order valence-electron chi connectivity index (χ4n) is 6.72. The van der Waals surface area contributed by atoms with Crippen LogP contribution < -0.4 is 5.32 Å². The quantitative estimate of drug-likeness (QED) is 0.646. The second-order valence-corrected chi connectivity index (χ2v) is 10.1. The third-order valence-corrected chi connectivity index (χ3v) is 8.36. The van der Waals surface area contributed by atoms with Crippen molar-refractivity contribution in [1.82, 2.24) is 10.3 Å². The molecule has 0 unspecified atom stereocenters. The van der Waals surface area contributed by atoms with Crippen LogP contribution in [-0.4, -0.2) is 40.4 Å². The maximum atomic E-state index is 13.9. The number of benzene rings is 1. The summed E-state index contributed by atoms with van der Waals surface area (Å²) in [5.41, 5.74) is 5.36.